The van der Waals surface area contributed by atoms with Gasteiger partial charge in [-0.25, -0.2) is 8.42 Å². The maximum Gasteiger partial charge on any atom is 0.321 e. The minimum Gasteiger partial charge on any atom is -0.480 e. The Labute approximate surface area is 110 Å². The number of carboxylic acids is 1. The summed E-state index contributed by atoms with van der Waals surface area (Å²) in [4.78, 5) is 11.1. The molecule has 1 aromatic carbocycles. The molecule has 1 aliphatic rings. The van der Waals surface area contributed by atoms with Crippen LogP contribution in [0.1, 0.15) is 10.9 Å². The van der Waals surface area contributed by atoms with Crippen molar-refractivity contribution in [2.24, 2.45) is 0 Å². The van der Waals surface area contributed by atoms with E-state index in [9.17, 15) is 13.2 Å². The second-order valence-electron chi connectivity index (χ2n) is 4.11. The Morgan fingerprint density at radius 3 is 2.44 bits per heavy atom. The van der Waals surface area contributed by atoms with E-state index in [0.29, 0.717) is 5.75 Å². The molecule has 0 radical (unpaired) electrons. The Morgan fingerprint density at radius 2 is 2.00 bits per heavy atom. The Bertz CT molecular complexity index is 553. The van der Waals surface area contributed by atoms with Crippen molar-refractivity contribution < 1.29 is 18.3 Å². The number of aliphatic carboxylic acids is 1. The zero-order chi connectivity index (χ0) is 13.3. The minimum absolute atomic E-state index is 0.0975. The number of benzene rings is 1. The Balaban J connectivity index is 2.14. The van der Waals surface area contributed by atoms with Crippen LogP contribution in [-0.4, -0.2) is 37.5 Å². The predicted octanol–water partition coefficient (Wildman–Crippen LogP) is 0.878. The van der Waals surface area contributed by atoms with Crippen LogP contribution in [0.5, 0.6) is 0 Å². The normalized spacial score (nSPS) is 24.1. The predicted molar refractivity (Wildman–Crippen MR) is 69.3 cm³/mol. The summed E-state index contributed by atoms with van der Waals surface area (Å²) in [5.41, 5.74) is 0.885. The zero-order valence-corrected chi connectivity index (χ0v) is 11.3. The molecule has 1 fully saturated rings. The molecule has 0 aliphatic carbocycles. The lowest BCUT2D eigenvalue weighted by molar-refractivity contribution is -0.138. The molecule has 1 aliphatic heterocycles. The molecule has 98 valence electrons. The van der Waals surface area contributed by atoms with Crippen molar-refractivity contribution in [1.29, 1.82) is 0 Å². The number of hydrogen-bond donors (Lipinski definition) is 2. The molecule has 1 heterocycles. The summed E-state index contributed by atoms with van der Waals surface area (Å²) in [6, 6.07) is 5.97. The molecule has 2 unspecified atom stereocenters. The van der Waals surface area contributed by atoms with Gasteiger partial charge in [-0.2, -0.15) is 0 Å². The van der Waals surface area contributed by atoms with Crippen molar-refractivity contribution in [3.63, 3.8) is 0 Å². The molecule has 0 amide bonds. The van der Waals surface area contributed by atoms with Crippen molar-refractivity contribution in [2.45, 2.75) is 16.3 Å². The highest BCUT2D eigenvalue weighted by Crippen LogP contribution is 2.33. The van der Waals surface area contributed by atoms with Gasteiger partial charge in [0.05, 0.1) is 10.3 Å². The van der Waals surface area contributed by atoms with Gasteiger partial charge in [0.2, 0.25) is 0 Å². The first-order valence-electron chi connectivity index (χ1n) is 5.28. The van der Waals surface area contributed by atoms with Gasteiger partial charge in [0.25, 0.3) is 0 Å². The third-order valence-electron chi connectivity index (χ3n) is 2.69. The number of nitrogens with one attached hydrogen (secondary N) is 1. The Hall–Kier alpha value is -1.05. The van der Waals surface area contributed by atoms with Gasteiger partial charge in [0.15, 0.2) is 9.84 Å². The molecule has 5 nitrogen and oxygen atoms in total. The molecule has 7 heteroatoms. The summed E-state index contributed by atoms with van der Waals surface area (Å²) in [7, 11) is -3.19. The number of rotatable bonds is 3. The molecule has 0 aromatic heterocycles. The molecule has 1 aromatic rings. The van der Waals surface area contributed by atoms with Crippen molar-refractivity contribution in [1.82, 2.24) is 5.32 Å². The fourth-order valence-electron chi connectivity index (χ4n) is 1.70. The van der Waals surface area contributed by atoms with Crippen LogP contribution in [-0.2, 0) is 14.6 Å². The zero-order valence-electron chi connectivity index (χ0n) is 9.66. The molecular formula is C11H13NO4S2. The highest BCUT2D eigenvalue weighted by molar-refractivity contribution is 7.99. The van der Waals surface area contributed by atoms with Gasteiger partial charge in [0.1, 0.15) is 6.04 Å². The van der Waals surface area contributed by atoms with E-state index in [1.54, 1.807) is 24.3 Å². The molecule has 0 bridgehead atoms. The van der Waals surface area contributed by atoms with Gasteiger partial charge in [-0.1, -0.05) is 12.1 Å². The molecule has 18 heavy (non-hydrogen) atoms. The number of hydrogen-bond acceptors (Lipinski definition) is 5. The second kappa shape index (κ2) is 4.91. The SMILES string of the molecule is CS(=O)(=O)c1ccc(C2NC(C(=O)O)CS2)cc1. The van der Waals surface area contributed by atoms with Crippen LogP contribution in [0.25, 0.3) is 0 Å². The number of thioether (sulfide) groups is 1. The average Bonchev–Trinajstić information content (AvgIpc) is 2.77. The van der Waals surface area contributed by atoms with E-state index in [0.717, 1.165) is 11.8 Å². The van der Waals surface area contributed by atoms with Crippen molar-refractivity contribution in [3.05, 3.63) is 29.8 Å². The average molecular weight is 287 g/mol. The summed E-state index contributed by atoms with van der Waals surface area (Å²) in [6.45, 7) is 0. The van der Waals surface area contributed by atoms with Gasteiger partial charge in [0, 0.05) is 12.0 Å². The first-order valence-corrected chi connectivity index (χ1v) is 8.22. The molecule has 2 atom stereocenters. The van der Waals surface area contributed by atoms with Crippen molar-refractivity contribution in [3.8, 4) is 0 Å². The van der Waals surface area contributed by atoms with Gasteiger partial charge >= 0.3 is 5.97 Å². The smallest absolute Gasteiger partial charge is 0.321 e. The van der Waals surface area contributed by atoms with E-state index in [1.165, 1.54) is 11.8 Å². The minimum atomic E-state index is -3.19. The van der Waals surface area contributed by atoms with E-state index >= 15 is 0 Å². The number of carboxylic acid groups (broad SMARTS) is 1. The molecule has 2 rings (SSSR count). The van der Waals surface area contributed by atoms with Crippen LogP contribution in [0.2, 0.25) is 0 Å². The Morgan fingerprint density at radius 1 is 1.39 bits per heavy atom. The summed E-state index contributed by atoms with van der Waals surface area (Å²) in [6.07, 6.45) is 1.16. The van der Waals surface area contributed by atoms with E-state index in [2.05, 4.69) is 5.32 Å². The van der Waals surface area contributed by atoms with Gasteiger partial charge in [-0.05, 0) is 17.7 Å². The highest BCUT2D eigenvalue weighted by Gasteiger charge is 2.30. The Kier molecular flexibility index (Phi) is 3.65. The second-order valence-corrected chi connectivity index (χ2v) is 7.27. The summed E-state index contributed by atoms with van der Waals surface area (Å²) in [5.74, 6) is -0.355. The quantitative estimate of drug-likeness (QED) is 0.858. The fourth-order valence-corrected chi connectivity index (χ4v) is 3.56. The molecule has 0 spiro atoms. The first-order chi connectivity index (χ1) is 8.38. The molecular weight excluding hydrogens is 274 g/mol. The topological polar surface area (TPSA) is 83.5 Å². The fraction of sp³-hybridized carbons (Fsp3) is 0.364. The summed E-state index contributed by atoms with van der Waals surface area (Å²) in [5, 5.41) is 11.8. The van der Waals surface area contributed by atoms with Crippen molar-refractivity contribution in [2.75, 3.05) is 12.0 Å². The van der Waals surface area contributed by atoms with Crippen LogP contribution in [0, 0.1) is 0 Å². The third-order valence-corrected chi connectivity index (χ3v) is 5.09. The van der Waals surface area contributed by atoms with Crippen LogP contribution in [0.15, 0.2) is 29.2 Å². The van der Waals surface area contributed by atoms with Crippen LogP contribution in [0.4, 0.5) is 0 Å². The monoisotopic (exact) mass is 287 g/mol. The van der Waals surface area contributed by atoms with Gasteiger partial charge < -0.3 is 5.11 Å². The van der Waals surface area contributed by atoms with Gasteiger partial charge in [-0.3, -0.25) is 10.1 Å². The first kappa shape index (κ1) is 13.4. The highest BCUT2D eigenvalue weighted by atomic mass is 32.2. The molecule has 1 saturated heterocycles. The molecule has 2 N–H and O–H groups in total. The van der Waals surface area contributed by atoms with Crippen LogP contribution in [0.3, 0.4) is 0 Å². The van der Waals surface area contributed by atoms with Crippen LogP contribution >= 0.6 is 11.8 Å². The maximum atomic E-state index is 11.3. The van der Waals surface area contributed by atoms with Crippen molar-refractivity contribution >= 4 is 27.6 Å². The lowest BCUT2D eigenvalue weighted by Crippen LogP contribution is -2.33. The number of carbonyl (C=O) groups is 1. The van der Waals surface area contributed by atoms with Crippen LogP contribution < -0.4 is 5.32 Å². The van der Waals surface area contributed by atoms with E-state index in [4.69, 9.17) is 5.11 Å². The van der Waals surface area contributed by atoms with E-state index < -0.39 is 21.8 Å². The summed E-state index contributed by atoms with van der Waals surface area (Å²) >= 11 is 1.50. The third kappa shape index (κ3) is 2.85. The number of sulfone groups is 1. The summed E-state index contributed by atoms with van der Waals surface area (Å²) < 4.78 is 22.6. The lowest BCUT2D eigenvalue weighted by atomic mass is 10.2. The lowest BCUT2D eigenvalue weighted by Gasteiger charge is -2.11. The maximum absolute atomic E-state index is 11.3. The van der Waals surface area contributed by atoms with Gasteiger partial charge in [-0.15, -0.1) is 11.8 Å². The molecule has 0 saturated carbocycles. The largest absolute Gasteiger partial charge is 0.480 e. The van der Waals surface area contributed by atoms with E-state index in [1.807, 2.05) is 0 Å². The standard InChI is InChI=1S/C11H13NO4S2/c1-18(15,16)8-4-2-7(3-5-8)10-12-9(6-17-10)11(13)14/h2-5,9-10,12H,6H2,1H3,(H,13,14). The van der Waals surface area contributed by atoms with E-state index in [-0.39, 0.29) is 10.3 Å².